The van der Waals surface area contributed by atoms with Crippen molar-refractivity contribution in [2.75, 3.05) is 4.90 Å². The van der Waals surface area contributed by atoms with E-state index in [1.54, 1.807) is 0 Å². The average molecular weight is 460 g/mol. The molecule has 2 heterocycles. The zero-order chi connectivity index (χ0) is 23.2. The van der Waals surface area contributed by atoms with Crippen molar-refractivity contribution in [2.24, 2.45) is 5.73 Å². The maximum atomic E-state index is 13.7. The molecule has 0 radical (unpaired) electrons. The van der Waals surface area contributed by atoms with Crippen molar-refractivity contribution >= 4 is 27.8 Å². The monoisotopic (exact) mass is 460 g/mol. The van der Waals surface area contributed by atoms with Gasteiger partial charge in [0.25, 0.3) is 0 Å². The molecule has 1 atom stereocenters. The SMILES string of the molecule is N#CC1=C(N)N(c2ccccc2C(F)(F)F)C2=C(C(=O)CCC2)C1c1ccc([N+](=O)[O-])s1. The second kappa shape index (κ2) is 7.80. The summed E-state index contributed by atoms with van der Waals surface area (Å²) in [6.07, 6.45) is -3.84. The number of nitriles is 1. The van der Waals surface area contributed by atoms with E-state index in [4.69, 9.17) is 5.73 Å². The molecule has 1 aromatic heterocycles. The fourth-order valence-corrected chi connectivity index (χ4v) is 5.09. The number of ketones is 1. The summed E-state index contributed by atoms with van der Waals surface area (Å²) in [5, 5.41) is 20.9. The number of thiophene rings is 1. The molecular formula is C21H15F3N4O3S. The second-order valence-electron chi connectivity index (χ2n) is 7.26. The van der Waals surface area contributed by atoms with Crippen molar-refractivity contribution < 1.29 is 22.9 Å². The number of benzene rings is 1. The minimum absolute atomic E-state index is 0.118. The molecule has 0 fully saturated rings. The molecule has 0 saturated heterocycles. The van der Waals surface area contributed by atoms with Crippen LogP contribution in [0.2, 0.25) is 0 Å². The van der Waals surface area contributed by atoms with Crippen molar-refractivity contribution in [1.82, 2.24) is 0 Å². The zero-order valence-electron chi connectivity index (χ0n) is 16.3. The molecular weight excluding hydrogens is 445 g/mol. The van der Waals surface area contributed by atoms with Gasteiger partial charge in [0.05, 0.1) is 33.7 Å². The minimum atomic E-state index is -4.69. The van der Waals surface area contributed by atoms with Crippen molar-refractivity contribution in [3.63, 3.8) is 0 Å². The molecule has 164 valence electrons. The van der Waals surface area contributed by atoms with Gasteiger partial charge in [-0.1, -0.05) is 23.5 Å². The predicted octanol–water partition coefficient (Wildman–Crippen LogP) is 4.98. The predicted molar refractivity (Wildman–Crippen MR) is 110 cm³/mol. The van der Waals surface area contributed by atoms with Crippen LogP contribution in [0.5, 0.6) is 0 Å². The summed E-state index contributed by atoms with van der Waals surface area (Å²) in [5.41, 5.74) is 5.37. The van der Waals surface area contributed by atoms with Crippen LogP contribution in [0.25, 0.3) is 0 Å². The molecule has 2 aliphatic rings. The van der Waals surface area contributed by atoms with E-state index in [0.717, 1.165) is 22.3 Å². The highest BCUT2D eigenvalue weighted by atomic mass is 32.1. The Labute approximate surface area is 184 Å². The van der Waals surface area contributed by atoms with Crippen molar-refractivity contribution in [3.05, 3.63) is 79.6 Å². The molecule has 1 unspecified atom stereocenters. The standard InChI is InChI=1S/C21H15F3N4O3S/c22-21(23,24)12-4-1-2-5-13(12)27-14-6-3-7-15(29)19(14)18(11(10-25)20(27)26)16-8-9-17(32-16)28(30)31/h1-2,4-5,8-9,18H,3,6-7,26H2. The number of halogens is 3. The third-order valence-electron chi connectivity index (χ3n) is 5.44. The molecule has 0 bridgehead atoms. The van der Waals surface area contributed by atoms with Gasteiger partial charge in [-0.25, -0.2) is 0 Å². The summed E-state index contributed by atoms with van der Waals surface area (Å²) < 4.78 is 41.2. The van der Waals surface area contributed by atoms with Crippen LogP contribution in [-0.2, 0) is 11.0 Å². The van der Waals surface area contributed by atoms with Crippen LogP contribution >= 0.6 is 11.3 Å². The number of rotatable bonds is 3. The van der Waals surface area contributed by atoms with Gasteiger partial charge in [0, 0.05) is 28.6 Å². The van der Waals surface area contributed by atoms with Crippen LogP contribution in [0.3, 0.4) is 0 Å². The Bertz CT molecular complexity index is 1240. The fraction of sp³-hybridized carbons (Fsp3) is 0.238. The van der Waals surface area contributed by atoms with Gasteiger partial charge >= 0.3 is 11.2 Å². The van der Waals surface area contributed by atoms with Gasteiger partial charge in [0.2, 0.25) is 0 Å². The largest absolute Gasteiger partial charge is 0.418 e. The maximum Gasteiger partial charge on any atom is 0.418 e. The highest BCUT2D eigenvalue weighted by Gasteiger charge is 2.43. The summed E-state index contributed by atoms with van der Waals surface area (Å²) in [5.74, 6) is -1.50. The number of nitro groups is 1. The second-order valence-corrected chi connectivity index (χ2v) is 8.36. The van der Waals surface area contributed by atoms with Gasteiger partial charge in [-0.05, 0) is 31.0 Å². The lowest BCUT2D eigenvalue weighted by Crippen LogP contribution is -2.39. The number of nitrogens with zero attached hydrogens (tertiary/aromatic N) is 3. The highest BCUT2D eigenvalue weighted by Crippen LogP contribution is 2.50. The molecule has 1 aliphatic carbocycles. The average Bonchev–Trinajstić information content (AvgIpc) is 3.23. The maximum absolute atomic E-state index is 13.7. The van der Waals surface area contributed by atoms with E-state index in [9.17, 15) is 33.3 Å². The third kappa shape index (κ3) is 3.42. The number of anilines is 1. The van der Waals surface area contributed by atoms with Crippen LogP contribution < -0.4 is 10.6 Å². The van der Waals surface area contributed by atoms with Crippen LogP contribution in [0.15, 0.2) is 59.1 Å². The number of Topliss-reactive ketones (excluding diaryl/α,β-unsaturated/α-hetero) is 1. The first-order valence-corrected chi connectivity index (χ1v) is 10.3. The van der Waals surface area contributed by atoms with E-state index in [0.29, 0.717) is 11.3 Å². The van der Waals surface area contributed by atoms with E-state index in [1.165, 1.54) is 30.3 Å². The number of para-hydroxylation sites is 1. The minimum Gasteiger partial charge on any atom is -0.384 e. The quantitative estimate of drug-likeness (QED) is 0.511. The number of carbonyl (C=O) groups excluding carboxylic acids is 1. The van der Waals surface area contributed by atoms with Crippen molar-refractivity contribution in [3.8, 4) is 6.07 Å². The molecule has 1 aromatic carbocycles. The Morgan fingerprint density at radius 1 is 1.22 bits per heavy atom. The lowest BCUT2D eigenvalue weighted by Gasteiger charge is -2.40. The van der Waals surface area contributed by atoms with Gasteiger partial charge in [0.15, 0.2) is 5.78 Å². The van der Waals surface area contributed by atoms with Crippen LogP contribution in [0, 0.1) is 21.4 Å². The molecule has 0 saturated carbocycles. The van der Waals surface area contributed by atoms with E-state index in [1.807, 2.05) is 6.07 Å². The first-order chi connectivity index (χ1) is 15.1. The molecule has 7 nitrogen and oxygen atoms in total. The number of nitrogens with two attached hydrogens (primary N) is 1. The van der Waals surface area contributed by atoms with Gasteiger partial charge in [-0.3, -0.25) is 19.8 Å². The Kier molecular flexibility index (Phi) is 5.26. The molecule has 0 amide bonds. The van der Waals surface area contributed by atoms with Gasteiger partial charge in [-0.2, -0.15) is 18.4 Å². The highest BCUT2D eigenvalue weighted by molar-refractivity contribution is 7.15. The lowest BCUT2D eigenvalue weighted by atomic mass is 9.78. The van der Waals surface area contributed by atoms with E-state index in [2.05, 4.69) is 0 Å². The summed E-state index contributed by atoms with van der Waals surface area (Å²) in [6.45, 7) is 0. The van der Waals surface area contributed by atoms with Gasteiger partial charge in [-0.15, -0.1) is 0 Å². The molecule has 2 N–H and O–H groups in total. The van der Waals surface area contributed by atoms with E-state index >= 15 is 0 Å². The first-order valence-electron chi connectivity index (χ1n) is 9.51. The number of hydrogen-bond donors (Lipinski definition) is 1. The number of alkyl halides is 3. The first kappa shape index (κ1) is 21.6. The molecule has 0 spiro atoms. The van der Waals surface area contributed by atoms with Crippen LogP contribution in [0.1, 0.15) is 35.6 Å². The topological polar surface area (TPSA) is 113 Å². The summed E-state index contributed by atoms with van der Waals surface area (Å²) in [7, 11) is 0. The van der Waals surface area contributed by atoms with Gasteiger partial charge in [0.1, 0.15) is 5.82 Å². The summed E-state index contributed by atoms with van der Waals surface area (Å²) in [4.78, 5) is 25.0. The van der Waals surface area contributed by atoms with Crippen molar-refractivity contribution in [1.29, 1.82) is 5.26 Å². The van der Waals surface area contributed by atoms with Gasteiger partial charge < -0.3 is 5.73 Å². The Morgan fingerprint density at radius 2 is 1.94 bits per heavy atom. The zero-order valence-corrected chi connectivity index (χ0v) is 17.2. The molecule has 2 aromatic rings. The fourth-order valence-electron chi connectivity index (χ4n) is 4.15. The molecule has 4 rings (SSSR count). The smallest absolute Gasteiger partial charge is 0.384 e. The van der Waals surface area contributed by atoms with Crippen molar-refractivity contribution in [2.45, 2.75) is 31.4 Å². The third-order valence-corrected chi connectivity index (χ3v) is 6.54. The Balaban J connectivity index is 1.99. The van der Waals surface area contributed by atoms with Crippen LogP contribution in [0.4, 0.5) is 23.9 Å². The number of allylic oxidation sites excluding steroid dienone is 3. The summed E-state index contributed by atoms with van der Waals surface area (Å²) >= 11 is 0.806. The molecule has 32 heavy (non-hydrogen) atoms. The number of hydrogen-bond acceptors (Lipinski definition) is 7. The summed E-state index contributed by atoms with van der Waals surface area (Å²) in [6, 6.07) is 9.47. The Morgan fingerprint density at radius 3 is 2.56 bits per heavy atom. The normalized spacial score (nSPS) is 19.1. The van der Waals surface area contributed by atoms with E-state index < -0.39 is 22.6 Å². The molecule has 11 heteroatoms. The van der Waals surface area contributed by atoms with Crippen LogP contribution in [-0.4, -0.2) is 10.7 Å². The molecule has 1 aliphatic heterocycles. The lowest BCUT2D eigenvalue weighted by molar-refractivity contribution is -0.380. The Hall–Kier alpha value is -3.65. The number of carbonyl (C=O) groups is 1. The van der Waals surface area contributed by atoms with E-state index in [-0.39, 0.29) is 52.0 Å².